The molecule has 5 rings (SSSR count). The molecule has 32 heavy (non-hydrogen) atoms. The quantitative estimate of drug-likeness (QED) is 0.514. The second kappa shape index (κ2) is 9.79. The molecule has 3 nitrogen and oxygen atoms in total. The Kier molecular flexibility index (Phi) is 6.45. The second-order valence-corrected chi connectivity index (χ2v) is 9.28. The van der Waals surface area contributed by atoms with Crippen molar-refractivity contribution in [3.8, 4) is 11.5 Å². The highest BCUT2D eigenvalue weighted by Gasteiger charge is 2.33. The van der Waals surface area contributed by atoms with Crippen LogP contribution in [0.3, 0.4) is 0 Å². The van der Waals surface area contributed by atoms with E-state index in [1.807, 2.05) is 12.1 Å². The number of aryl methyl sites for hydroxylation is 1. The number of aromatic hydroxyl groups is 1. The summed E-state index contributed by atoms with van der Waals surface area (Å²) in [6.45, 7) is 4.40. The Morgan fingerprint density at radius 2 is 1.62 bits per heavy atom. The van der Waals surface area contributed by atoms with E-state index in [1.54, 1.807) is 6.07 Å². The minimum Gasteiger partial charge on any atom is -0.508 e. The zero-order valence-electron chi connectivity index (χ0n) is 18.7. The van der Waals surface area contributed by atoms with Crippen molar-refractivity contribution in [3.05, 3.63) is 95.1 Å². The summed E-state index contributed by atoms with van der Waals surface area (Å²) in [5, 5.41) is 10.2. The zero-order valence-corrected chi connectivity index (χ0v) is 18.7. The van der Waals surface area contributed by atoms with Gasteiger partial charge in [0.05, 0.1) is 6.61 Å². The topological polar surface area (TPSA) is 32.7 Å². The molecule has 0 aromatic heterocycles. The van der Waals surface area contributed by atoms with E-state index < -0.39 is 0 Å². The summed E-state index contributed by atoms with van der Waals surface area (Å²) in [7, 11) is 0. The molecule has 0 amide bonds. The number of piperidine rings is 1. The van der Waals surface area contributed by atoms with Gasteiger partial charge in [-0.05, 0) is 80.2 Å². The van der Waals surface area contributed by atoms with Gasteiger partial charge in [0.2, 0.25) is 0 Å². The first-order chi connectivity index (χ1) is 15.8. The third-order valence-electron chi connectivity index (χ3n) is 7.10. The van der Waals surface area contributed by atoms with Gasteiger partial charge >= 0.3 is 0 Å². The fourth-order valence-electron chi connectivity index (χ4n) is 5.39. The van der Waals surface area contributed by atoms with Crippen LogP contribution < -0.4 is 4.74 Å². The SMILES string of the molecule is Oc1ccc2c(c1)C(c1ccc(CCCN3CCCCC3)cc1)C(c1ccccc1)CO2. The molecule has 0 saturated carbocycles. The molecule has 3 aromatic carbocycles. The number of ether oxygens (including phenoxy) is 1. The normalized spacial score (nSPS) is 21.0. The first-order valence-corrected chi connectivity index (χ1v) is 12.1. The monoisotopic (exact) mass is 427 g/mol. The van der Waals surface area contributed by atoms with Crippen LogP contribution in [0, 0.1) is 0 Å². The lowest BCUT2D eigenvalue weighted by Gasteiger charge is -2.34. The number of fused-ring (bicyclic) bond motifs is 1. The number of phenols is 1. The van der Waals surface area contributed by atoms with Crippen molar-refractivity contribution in [2.24, 2.45) is 0 Å². The van der Waals surface area contributed by atoms with E-state index >= 15 is 0 Å². The minimum atomic E-state index is 0.163. The van der Waals surface area contributed by atoms with Crippen molar-refractivity contribution in [2.45, 2.75) is 43.9 Å². The van der Waals surface area contributed by atoms with Crippen molar-refractivity contribution in [2.75, 3.05) is 26.2 Å². The van der Waals surface area contributed by atoms with E-state index in [2.05, 4.69) is 59.5 Å². The minimum absolute atomic E-state index is 0.163. The maximum absolute atomic E-state index is 10.2. The standard InChI is InChI=1S/C29H33NO2/c31-25-15-16-28-26(20-25)29(27(21-32-28)23-9-3-1-4-10-23)24-13-11-22(12-14-24)8-7-19-30-17-5-2-6-18-30/h1,3-4,9-16,20,27,29,31H,2,5-8,17-19,21H2. The Labute approximate surface area is 191 Å². The molecule has 3 aromatic rings. The molecule has 166 valence electrons. The highest BCUT2D eigenvalue weighted by molar-refractivity contribution is 5.50. The average Bonchev–Trinajstić information content (AvgIpc) is 2.85. The maximum atomic E-state index is 10.2. The first-order valence-electron chi connectivity index (χ1n) is 12.1. The Morgan fingerprint density at radius 3 is 2.41 bits per heavy atom. The molecule has 1 fully saturated rings. The molecule has 2 heterocycles. The molecule has 0 aliphatic carbocycles. The van der Waals surface area contributed by atoms with Crippen LogP contribution in [0.2, 0.25) is 0 Å². The lowest BCUT2D eigenvalue weighted by atomic mass is 9.75. The summed E-state index contributed by atoms with van der Waals surface area (Å²) in [4.78, 5) is 2.62. The highest BCUT2D eigenvalue weighted by Crippen LogP contribution is 2.46. The van der Waals surface area contributed by atoms with Crippen molar-refractivity contribution in [3.63, 3.8) is 0 Å². The number of nitrogens with zero attached hydrogens (tertiary/aromatic N) is 1. The van der Waals surface area contributed by atoms with Crippen LogP contribution in [0.1, 0.15) is 59.8 Å². The lowest BCUT2D eigenvalue weighted by molar-refractivity contribution is 0.226. The van der Waals surface area contributed by atoms with Gasteiger partial charge in [0.1, 0.15) is 11.5 Å². The molecule has 1 saturated heterocycles. The van der Waals surface area contributed by atoms with Gasteiger partial charge in [-0.3, -0.25) is 0 Å². The number of hydrogen-bond acceptors (Lipinski definition) is 3. The van der Waals surface area contributed by atoms with Gasteiger partial charge in [0.25, 0.3) is 0 Å². The van der Waals surface area contributed by atoms with Gasteiger partial charge in [0, 0.05) is 17.4 Å². The van der Waals surface area contributed by atoms with Gasteiger partial charge in [-0.1, -0.05) is 61.0 Å². The van der Waals surface area contributed by atoms with Crippen molar-refractivity contribution < 1.29 is 9.84 Å². The predicted octanol–water partition coefficient (Wildman–Crippen LogP) is 6.12. The van der Waals surface area contributed by atoms with Crippen molar-refractivity contribution in [1.29, 1.82) is 0 Å². The van der Waals surface area contributed by atoms with Gasteiger partial charge in [-0.25, -0.2) is 0 Å². The van der Waals surface area contributed by atoms with Crippen molar-refractivity contribution >= 4 is 0 Å². The predicted molar refractivity (Wildman–Crippen MR) is 130 cm³/mol. The number of likely N-dealkylation sites (tertiary alicyclic amines) is 1. The number of hydrogen-bond donors (Lipinski definition) is 1. The van der Waals surface area contributed by atoms with E-state index in [-0.39, 0.29) is 11.8 Å². The van der Waals surface area contributed by atoms with E-state index in [1.165, 1.54) is 62.0 Å². The Bertz CT molecular complexity index is 1010. The number of benzene rings is 3. The Hall–Kier alpha value is -2.78. The average molecular weight is 428 g/mol. The van der Waals surface area contributed by atoms with Crippen LogP contribution in [0.25, 0.3) is 0 Å². The summed E-state index contributed by atoms with van der Waals surface area (Å²) in [5.74, 6) is 1.55. The van der Waals surface area contributed by atoms with Gasteiger partial charge in [0.15, 0.2) is 0 Å². The summed E-state index contributed by atoms with van der Waals surface area (Å²) >= 11 is 0. The molecular formula is C29H33NO2. The number of rotatable bonds is 6. The van der Waals surface area contributed by atoms with Gasteiger partial charge in [-0.15, -0.1) is 0 Å². The molecule has 2 unspecified atom stereocenters. The third-order valence-corrected chi connectivity index (χ3v) is 7.10. The Balaban J connectivity index is 1.36. The van der Waals surface area contributed by atoms with Crippen LogP contribution in [0.5, 0.6) is 11.5 Å². The molecule has 0 radical (unpaired) electrons. The van der Waals surface area contributed by atoms with Crippen LogP contribution in [-0.4, -0.2) is 36.2 Å². The fraction of sp³-hybridized carbons (Fsp3) is 0.379. The van der Waals surface area contributed by atoms with Gasteiger partial charge < -0.3 is 14.7 Å². The van der Waals surface area contributed by atoms with E-state index in [0.29, 0.717) is 12.4 Å². The summed E-state index contributed by atoms with van der Waals surface area (Å²) in [6.07, 6.45) is 6.47. The molecule has 0 bridgehead atoms. The summed E-state index contributed by atoms with van der Waals surface area (Å²) < 4.78 is 6.12. The van der Waals surface area contributed by atoms with Crippen LogP contribution in [0.15, 0.2) is 72.8 Å². The summed E-state index contributed by atoms with van der Waals surface area (Å²) in [6, 6.07) is 25.3. The third kappa shape index (κ3) is 4.68. The van der Waals surface area contributed by atoms with E-state index in [9.17, 15) is 5.11 Å². The van der Waals surface area contributed by atoms with Gasteiger partial charge in [-0.2, -0.15) is 0 Å². The fourth-order valence-corrected chi connectivity index (χ4v) is 5.39. The van der Waals surface area contributed by atoms with Crippen LogP contribution in [-0.2, 0) is 6.42 Å². The van der Waals surface area contributed by atoms with E-state index in [4.69, 9.17) is 4.74 Å². The smallest absolute Gasteiger partial charge is 0.123 e. The molecular weight excluding hydrogens is 394 g/mol. The number of phenolic OH excluding ortho intramolecular Hbond substituents is 1. The van der Waals surface area contributed by atoms with E-state index in [0.717, 1.165) is 17.7 Å². The van der Waals surface area contributed by atoms with Crippen LogP contribution >= 0.6 is 0 Å². The highest BCUT2D eigenvalue weighted by atomic mass is 16.5. The molecule has 2 aliphatic rings. The largest absolute Gasteiger partial charge is 0.508 e. The maximum Gasteiger partial charge on any atom is 0.123 e. The molecule has 1 N–H and O–H groups in total. The lowest BCUT2D eigenvalue weighted by Crippen LogP contribution is -2.30. The Morgan fingerprint density at radius 1 is 0.844 bits per heavy atom. The summed E-state index contributed by atoms with van der Waals surface area (Å²) in [5.41, 5.74) is 5.04. The molecule has 2 aliphatic heterocycles. The van der Waals surface area contributed by atoms with Crippen LogP contribution in [0.4, 0.5) is 0 Å². The van der Waals surface area contributed by atoms with Crippen molar-refractivity contribution in [1.82, 2.24) is 4.90 Å². The zero-order chi connectivity index (χ0) is 21.8. The second-order valence-electron chi connectivity index (χ2n) is 9.28. The molecule has 3 heteroatoms. The molecule has 2 atom stereocenters. The molecule has 0 spiro atoms. The first kappa shape index (κ1) is 21.1.